The molecule has 0 bridgehead atoms. The maximum Gasteiger partial charge on any atom is 0.400 e. The fourth-order valence-electron chi connectivity index (χ4n) is 0.909. The molecule has 0 fully saturated rings. The second kappa shape index (κ2) is 4.25. The molecule has 0 saturated heterocycles. The number of Topliss-reactive ketones (excluding diaryl/α,β-unsaturated/α-hetero) is 1. The van der Waals surface area contributed by atoms with Crippen LogP contribution in [0.4, 0.5) is 26.3 Å². The average molecular weight is 250 g/mol. The minimum absolute atomic E-state index is 1.06. The highest BCUT2D eigenvalue weighted by molar-refractivity contribution is 5.83. The van der Waals surface area contributed by atoms with Gasteiger partial charge in [0.2, 0.25) is 0 Å². The molecule has 0 heterocycles. The molecule has 0 aromatic rings. The first-order valence-corrected chi connectivity index (χ1v) is 4.43. The molecule has 0 unspecified atom stereocenters. The Labute approximate surface area is 88.8 Å². The lowest BCUT2D eigenvalue weighted by Crippen LogP contribution is -2.40. The highest BCUT2D eigenvalue weighted by Gasteiger charge is 2.57. The van der Waals surface area contributed by atoms with E-state index in [1.54, 1.807) is 0 Å². The number of hydrogen-bond acceptors (Lipinski definition) is 1. The quantitative estimate of drug-likeness (QED) is 0.682. The van der Waals surface area contributed by atoms with Crippen LogP contribution >= 0.6 is 0 Å². The molecule has 0 aliphatic rings. The molecule has 0 radical (unpaired) electrons. The second-order valence-electron chi connectivity index (χ2n) is 4.51. The molecule has 0 aromatic carbocycles. The number of alkyl halides is 6. The monoisotopic (exact) mass is 250 g/mol. The minimum Gasteiger partial charge on any atom is -0.299 e. The Bertz CT molecular complexity index is 243. The molecule has 0 N–H and O–H groups in total. The lowest BCUT2D eigenvalue weighted by atomic mass is 9.85. The summed E-state index contributed by atoms with van der Waals surface area (Å²) < 4.78 is 72.6. The summed E-state index contributed by atoms with van der Waals surface area (Å²) in [7, 11) is 0. The summed E-state index contributed by atoms with van der Waals surface area (Å²) in [6.07, 6.45) is -12.4. The normalized spacial score (nSPS) is 14.4. The van der Waals surface area contributed by atoms with Gasteiger partial charge in [-0.05, 0) is 0 Å². The van der Waals surface area contributed by atoms with Gasteiger partial charge in [-0.3, -0.25) is 4.79 Å². The van der Waals surface area contributed by atoms with Gasteiger partial charge in [0.1, 0.15) is 5.78 Å². The maximum absolute atomic E-state index is 12.1. The van der Waals surface area contributed by atoms with Crippen LogP contribution in [0.1, 0.15) is 27.2 Å². The number of carbonyl (C=O) groups is 1. The van der Waals surface area contributed by atoms with Crippen molar-refractivity contribution in [3.63, 3.8) is 0 Å². The standard InChI is InChI=1S/C9H12F6O/c1-7(2,3)6(16)4-5(8(10,11)12)9(13,14)15/h5H,4H2,1-3H3. The first-order valence-electron chi connectivity index (χ1n) is 4.43. The van der Waals surface area contributed by atoms with Crippen LogP contribution in [-0.4, -0.2) is 18.1 Å². The van der Waals surface area contributed by atoms with Crippen molar-refractivity contribution < 1.29 is 31.1 Å². The van der Waals surface area contributed by atoms with Crippen LogP contribution in [0.5, 0.6) is 0 Å². The molecule has 0 saturated carbocycles. The molecule has 0 rings (SSSR count). The number of hydrogen-bond donors (Lipinski definition) is 0. The fraction of sp³-hybridized carbons (Fsp3) is 0.889. The zero-order chi connectivity index (χ0) is 13.4. The number of ketones is 1. The zero-order valence-electron chi connectivity index (χ0n) is 8.96. The number of rotatable bonds is 2. The summed E-state index contributed by atoms with van der Waals surface area (Å²) in [5.74, 6) is -4.64. The predicted octanol–water partition coefficient (Wildman–Crippen LogP) is 3.73. The van der Waals surface area contributed by atoms with Gasteiger partial charge < -0.3 is 0 Å². The van der Waals surface area contributed by atoms with Crippen LogP contribution in [0.25, 0.3) is 0 Å². The van der Waals surface area contributed by atoms with Crippen molar-refractivity contribution in [3.05, 3.63) is 0 Å². The minimum atomic E-state index is -5.45. The molecule has 16 heavy (non-hydrogen) atoms. The van der Waals surface area contributed by atoms with Crippen LogP contribution in [0.3, 0.4) is 0 Å². The van der Waals surface area contributed by atoms with Crippen LogP contribution in [0, 0.1) is 11.3 Å². The molecule has 96 valence electrons. The van der Waals surface area contributed by atoms with Crippen molar-refractivity contribution in [1.29, 1.82) is 0 Å². The Hall–Kier alpha value is -0.750. The van der Waals surface area contributed by atoms with E-state index in [0.29, 0.717) is 0 Å². The molecular weight excluding hydrogens is 238 g/mol. The number of halogens is 6. The van der Waals surface area contributed by atoms with Crippen molar-refractivity contribution in [2.75, 3.05) is 0 Å². The molecule has 7 heteroatoms. The molecule has 1 nitrogen and oxygen atoms in total. The SMILES string of the molecule is CC(C)(C)C(=O)CC(C(F)(F)F)C(F)(F)F. The van der Waals surface area contributed by atoms with Crippen LogP contribution < -0.4 is 0 Å². The van der Waals surface area contributed by atoms with Gasteiger partial charge in [-0.15, -0.1) is 0 Å². The third-order valence-electron chi connectivity index (χ3n) is 2.02. The van der Waals surface area contributed by atoms with Crippen LogP contribution in [0.15, 0.2) is 0 Å². The Morgan fingerprint density at radius 2 is 1.25 bits per heavy atom. The molecule has 0 spiro atoms. The van der Waals surface area contributed by atoms with Gasteiger partial charge in [0.25, 0.3) is 0 Å². The van der Waals surface area contributed by atoms with Gasteiger partial charge in [0, 0.05) is 11.8 Å². The van der Waals surface area contributed by atoms with Gasteiger partial charge in [0.15, 0.2) is 5.92 Å². The largest absolute Gasteiger partial charge is 0.400 e. The van der Waals surface area contributed by atoms with Crippen molar-refractivity contribution in [2.45, 2.75) is 39.5 Å². The second-order valence-corrected chi connectivity index (χ2v) is 4.51. The first-order chi connectivity index (χ1) is 6.76. The van der Waals surface area contributed by atoms with Gasteiger partial charge in [-0.25, -0.2) is 0 Å². The van der Waals surface area contributed by atoms with Gasteiger partial charge in [-0.2, -0.15) is 26.3 Å². The highest BCUT2D eigenvalue weighted by atomic mass is 19.4. The van der Waals surface area contributed by atoms with E-state index < -0.39 is 35.9 Å². The summed E-state index contributed by atoms with van der Waals surface area (Å²) >= 11 is 0. The topological polar surface area (TPSA) is 17.1 Å². The Balaban J connectivity index is 4.93. The maximum atomic E-state index is 12.1. The van der Waals surface area contributed by atoms with Crippen LogP contribution in [-0.2, 0) is 4.79 Å². The third-order valence-corrected chi connectivity index (χ3v) is 2.02. The van der Waals surface area contributed by atoms with Crippen molar-refractivity contribution in [3.8, 4) is 0 Å². The van der Waals surface area contributed by atoms with Crippen molar-refractivity contribution in [1.82, 2.24) is 0 Å². The Kier molecular flexibility index (Phi) is 4.05. The molecule has 0 aromatic heterocycles. The van der Waals surface area contributed by atoms with E-state index in [1.165, 1.54) is 20.8 Å². The summed E-state index contributed by atoms with van der Waals surface area (Å²) in [4.78, 5) is 11.2. The van der Waals surface area contributed by atoms with E-state index in [4.69, 9.17) is 0 Å². The van der Waals surface area contributed by atoms with Crippen LogP contribution in [0.2, 0.25) is 0 Å². The molecule has 0 aliphatic heterocycles. The lowest BCUT2D eigenvalue weighted by molar-refractivity contribution is -0.284. The molecule has 0 atom stereocenters. The average Bonchev–Trinajstić information content (AvgIpc) is 1.92. The molecule has 0 aliphatic carbocycles. The van der Waals surface area contributed by atoms with E-state index in [9.17, 15) is 31.1 Å². The summed E-state index contributed by atoms with van der Waals surface area (Å²) in [6, 6.07) is 0. The summed E-state index contributed by atoms with van der Waals surface area (Å²) in [5.41, 5.74) is -1.21. The van der Waals surface area contributed by atoms with Crippen molar-refractivity contribution >= 4 is 5.78 Å². The Morgan fingerprint density at radius 3 is 1.44 bits per heavy atom. The molecule has 0 amide bonds. The third kappa shape index (κ3) is 4.40. The summed E-state index contributed by atoms with van der Waals surface area (Å²) in [5, 5.41) is 0. The zero-order valence-corrected chi connectivity index (χ0v) is 8.96. The van der Waals surface area contributed by atoms with E-state index in [1.807, 2.05) is 0 Å². The van der Waals surface area contributed by atoms with Crippen molar-refractivity contribution in [2.24, 2.45) is 11.3 Å². The first kappa shape index (κ1) is 15.2. The fourth-order valence-corrected chi connectivity index (χ4v) is 0.909. The van der Waals surface area contributed by atoms with E-state index in [0.717, 1.165) is 0 Å². The number of carbonyl (C=O) groups excluding carboxylic acids is 1. The van der Waals surface area contributed by atoms with E-state index in [2.05, 4.69) is 0 Å². The van der Waals surface area contributed by atoms with Gasteiger partial charge in [0.05, 0.1) is 0 Å². The smallest absolute Gasteiger partial charge is 0.299 e. The molecular formula is C9H12F6O. The highest BCUT2D eigenvalue weighted by Crippen LogP contribution is 2.42. The predicted molar refractivity (Wildman–Crippen MR) is 44.7 cm³/mol. The van der Waals surface area contributed by atoms with E-state index in [-0.39, 0.29) is 0 Å². The Morgan fingerprint density at radius 1 is 0.938 bits per heavy atom. The lowest BCUT2D eigenvalue weighted by Gasteiger charge is -2.25. The summed E-state index contributed by atoms with van der Waals surface area (Å²) in [6.45, 7) is 3.83. The van der Waals surface area contributed by atoms with Gasteiger partial charge >= 0.3 is 12.4 Å². The van der Waals surface area contributed by atoms with E-state index >= 15 is 0 Å². The van der Waals surface area contributed by atoms with Gasteiger partial charge in [-0.1, -0.05) is 20.8 Å².